The van der Waals surface area contributed by atoms with Gasteiger partial charge in [0.05, 0.1) is 6.61 Å². The maximum absolute atomic E-state index is 5.57. The molecule has 0 saturated heterocycles. The van der Waals surface area contributed by atoms with E-state index in [1.165, 1.54) is 0 Å². The zero-order valence-electron chi connectivity index (χ0n) is 10.1. The van der Waals surface area contributed by atoms with E-state index in [1.54, 1.807) is 0 Å². The molecule has 1 fully saturated rings. The Morgan fingerprint density at radius 3 is 2.07 bits per heavy atom. The Balaban J connectivity index is 2.56. The summed E-state index contributed by atoms with van der Waals surface area (Å²) in [6.07, 6.45) is 0. The van der Waals surface area contributed by atoms with Crippen molar-refractivity contribution in [2.75, 3.05) is 13.2 Å². The number of hydrogen-bond acceptors (Lipinski definition) is 3. The molecule has 1 aliphatic rings. The molecular formula is C11H24N2O. The zero-order valence-corrected chi connectivity index (χ0v) is 10.1. The molecule has 0 bridgehead atoms. The van der Waals surface area contributed by atoms with E-state index in [1.807, 2.05) is 6.92 Å². The van der Waals surface area contributed by atoms with Gasteiger partial charge in [-0.3, -0.25) is 11.3 Å². The van der Waals surface area contributed by atoms with Crippen LogP contribution in [0.3, 0.4) is 0 Å². The summed E-state index contributed by atoms with van der Waals surface area (Å²) in [4.78, 5) is 0. The molecule has 1 aliphatic carbocycles. The lowest BCUT2D eigenvalue weighted by atomic mass is 10.0. The third-order valence-corrected chi connectivity index (χ3v) is 4.25. The predicted molar refractivity (Wildman–Crippen MR) is 58.7 cm³/mol. The number of hydrogen-bond donors (Lipinski definition) is 2. The normalized spacial score (nSPS) is 26.1. The molecule has 84 valence electrons. The molecule has 0 aromatic heterocycles. The molecule has 0 radical (unpaired) electrons. The van der Waals surface area contributed by atoms with Crippen LogP contribution in [0.4, 0.5) is 0 Å². The molecule has 1 unspecified atom stereocenters. The van der Waals surface area contributed by atoms with Gasteiger partial charge >= 0.3 is 0 Å². The van der Waals surface area contributed by atoms with E-state index >= 15 is 0 Å². The molecule has 14 heavy (non-hydrogen) atoms. The highest BCUT2D eigenvalue weighted by Gasteiger charge is 2.66. The highest BCUT2D eigenvalue weighted by Crippen LogP contribution is 2.69. The van der Waals surface area contributed by atoms with Crippen molar-refractivity contribution in [3.8, 4) is 0 Å². The van der Waals surface area contributed by atoms with Crippen LogP contribution in [0, 0.1) is 16.7 Å². The van der Waals surface area contributed by atoms with Crippen LogP contribution in [0.15, 0.2) is 0 Å². The first-order valence-electron chi connectivity index (χ1n) is 5.43. The maximum atomic E-state index is 5.57. The fourth-order valence-corrected chi connectivity index (χ4v) is 2.74. The molecule has 3 heteroatoms. The summed E-state index contributed by atoms with van der Waals surface area (Å²) in [5.41, 5.74) is 3.61. The molecule has 3 nitrogen and oxygen atoms in total. The van der Waals surface area contributed by atoms with Crippen molar-refractivity contribution in [3.63, 3.8) is 0 Å². The summed E-state index contributed by atoms with van der Waals surface area (Å²) in [7, 11) is 0. The average molecular weight is 200 g/mol. The first kappa shape index (κ1) is 12.0. The lowest BCUT2D eigenvalue weighted by molar-refractivity contribution is 0.110. The van der Waals surface area contributed by atoms with Crippen molar-refractivity contribution in [2.24, 2.45) is 22.6 Å². The van der Waals surface area contributed by atoms with Crippen LogP contribution < -0.4 is 11.3 Å². The molecule has 1 saturated carbocycles. The molecule has 0 aromatic rings. The first-order valence-corrected chi connectivity index (χ1v) is 5.43. The third-order valence-electron chi connectivity index (χ3n) is 4.25. The van der Waals surface area contributed by atoms with E-state index in [4.69, 9.17) is 10.6 Å². The second-order valence-electron chi connectivity index (χ2n) is 5.35. The molecule has 0 heterocycles. The van der Waals surface area contributed by atoms with Crippen molar-refractivity contribution in [1.29, 1.82) is 0 Å². The number of rotatable bonds is 5. The number of ether oxygens (including phenoxy) is 1. The van der Waals surface area contributed by atoms with Crippen LogP contribution in [0.2, 0.25) is 0 Å². The minimum absolute atomic E-state index is 0.278. The molecule has 1 atom stereocenters. The molecule has 1 rings (SSSR count). The molecule has 0 amide bonds. The van der Waals surface area contributed by atoms with Crippen LogP contribution >= 0.6 is 0 Å². The van der Waals surface area contributed by atoms with Gasteiger partial charge < -0.3 is 4.74 Å². The van der Waals surface area contributed by atoms with E-state index < -0.39 is 0 Å². The number of nitrogens with one attached hydrogen (secondary N) is 1. The summed E-state index contributed by atoms with van der Waals surface area (Å²) in [6.45, 7) is 12.7. The van der Waals surface area contributed by atoms with Crippen molar-refractivity contribution in [1.82, 2.24) is 5.43 Å². The predicted octanol–water partition coefficient (Wildman–Crippen LogP) is 1.54. The summed E-state index contributed by atoms with van der Waals surface area (Å²) >= 11 is 0. The second kappa shape index (κ2) is 3.80. The monoisotopic (exact) mass is 200 g/mol. The Kier molecular flexibility index (Phi) is 3.24. The molecule has 0 spiro atoms. The van der Waals surface area contributed by atoms with E-state index in [0.717, 1.165) is 6.61 Å². The van der Waals surface area contributed by atoms with Crippen LogP contribution in [0.5, 0.6) is 0 Å². The van der Waals surface area contributed by atoms with Crippen molar-refractivity contribution in [2.45, 2.75) is 40.7 Å². The molecule has 0 aromatic carbocycles. The quantitative estimate of drug-likeness (QED) is 0.523. The third kappa shape index (κ3) is 1.69. The largest absolute Gasteiger partial charge is 0.380 e. The molecule has 0 aliphatic heterocycles. The highest BCUT2D eigenvalue weighted by atomic mass is 16.5. The van der Waals surface area contributed by atoms with Gasteiger partial charge in [-0.25, -0.2) is 0 Å². The minimum atomic E-state index is 0.278. The standard InChI is InChI=1S/C11H24N2O/c1-6-14-7-8(13-12)9-10(2,3)11(9,4)5/h8-9,13H,6-7,12H2,1-5H3. The van der Waals surface area contributed by atoms with Crippen LogP contribution in [-0.2, 0) is 4.74 Å². The fraction of sp³-hybridized carbons (Fsp3) is 1.00. The Morgan fingerprint density at radius 1 is 1.29 bits per heavy atom. The minimum Gasteiger partial charge on any atom is -0.380 e. The summed E-state index contributed by atoms with van der Waals surface area (Å²) in [5.74, 6) is 6.17. The van der Waals surface area contributed by atoms with Gasteiger partial charge in [-0.15, -0.1) is 0 Å². The van der Waals surface area contributed by atoms with Crippen molar-refractivity contribution < 1.29 is 4.74 Å². The summed E-state index contributed by atoms with van der Waals surface area (Å²) < 4.78 is 5.43. The Bertz CT molecular complexity index is 187. The lowest BCUT2D eigenvalue weighted by Gasteiger charge is -2.17. The maximum Gasteiger partial charge on any atom is 0.0636 e. The Hall–Kier alpha value is -0.120. The van der Waals surface area contributed by atoms with Crippen LogP contribution in [0.1, 0.15) is 34.6 Å². The highest BCUT2D eigenvalue weighted by molar-refractivity contribution is 5.16. The smallest absolute Gasteiger partial charge is 0.0636 e. The first-order chi connectivity index (χ1) is 6.39. The molecule has 3 N–H and O–H groups in total. The van der Waals surface area contributed by atoms with Gasteiger partial charge in [0.1, 0.15) is 0 Å². The average Bonchev–Trinajstić information content (AvgIpc) is 2.48. The van der Waals surface area contributed by atoms with Gasteiger partial charge in [0.2, 0.25) is 0 Å². The van der Waals surface area contributed by atoms with Crippen molar-refractivity contribution >= 4 is 0 Å². The van der Waals surface area contributed by atoms with Gasteiger partial charge in [-0.1, -0.05) is 27.7 Å². The Labute approximate surface area is 87.4 Å². The van der Waals surface area contributed by atoms with Gasteiger partial charge in [-0.2, -0.15) is 0 Å². The van der Waals surface area contributed by atoms with E-state index in [9.17, 15) is 0 Å². The van der Waals surface area contributed by atoms with Gasteiger partial charge in [-0.05, 0) is 23.7 Å². The van der Waals surface area contributed by atoms with Crippen LogP contribution in [0.25, 0.3) is 0 Å². The molecular weight excluding hydrogens is 176 g/mol. The number of hydrazine groups is 1. The summed E-state index contributed by atoms with van der Waals surface area (Å²) in [6, 6.07) is 0.278. The van der Waals surface area contributed by atoms with Crippen LogP contribution in [-0.4, -0.2) is 19.3 Å². The number of nitrogens with two attached hydrogens (primary N) is 1. The topological polar surface area (TPSA) is 47.3 Å². The van der Waals surface area contributed by atoms with Crippen molar-refractivity contribution in [3.05, 3.63) is 0 Å². The second-order valence-corrected chi connectivity index (χ2v) is 5.35. The summed E-state index contributed by atoms with van der Waals surface area (Å²) in [5, 5.41) is 0. The fourth-order valence-electron chi connectivity index (χ4n) is 2.74. The van der Waals surface area contributed by atoms with Gasteiger partial charge in [0.15, 0.2) is 0 Å². The lowest BCUT2D eigenvalue weighted by Crippen LogP contribution is -2.42. The Morgan fingerprint density at radius 2 is 1.79 bits per heavy atom. The van der Waals surface area contributed by atoms with E-state index in [2.05, 4.69) is 33.1 Å². The van der Waals surface area contributed by atoms with Gasteiger partial charge in [0, 0.05) is 12.6 Å². The zero-order chi connectivity index (χ0) is 11.0. The van der Waals surface area contributed by atoms with E-state index in [0.29, 0.717) is 23.4 Å². The van der Waals surface area contributed by atoms with E-state index in [-0.39, 0.29) is 6.04 Å². The SMILES string of the molecule is CCOCC(NN)C1C(C)(C)C1(C)C. The van der Waals surface area contributed by atoms with Gasteiger partial charge in [0.25, 0.3) is 0 Å².